The van der Waals surface area contributed by atoms with Gasteiger partial charge < -0.3 is 11.5 Å². The third-order valence-corrected chi connectivity index (χ3v) is 3.30. The third kappa shape index (κ3) is 4.79. The highest BCUT2D eigenvalue weighted by Crippen LogP contribution is 2.25. The summed E-state index contributed by atoms with van der Waals surface area (Å²) in [6.45, 7) is 10.8. The quantitative estimate of drug-likeness (QED) is 0.857. The predicted octanol–water partition coefficient (Wildman–Crippen LogP) is 3.50. The molecule has 0 amide bonds. The lowest BCUT2D eigenvalue weighted by molar-refractivity contribution is 0.433. The van der Waals surface area contributed by atoms with E-state index in [1.807, 2.05) is 13.8 Å². The molecule has 0 radical (unpaired) electrons. The molecule has 0 aliphatic rings. The minimum atomic E-state index is -0.136. The van der Waals surface area contributed by atoms with Crippen molar-refractivity contribution in [2.75, 3.05) is 0 Å². The monoisotopic (exact) mass is 248 g/mol. The van der Waals surface area contributed by atoms with Crippen molar-refractivity contribution in [2.45, 2.75) is 64.5 Å². The number of hydrogen-bond donors (Lipinski definition) is 2. The molecular weight excluding hydrogens is 220 g/mol. The van der Waals surface area contributed by atoms with Gasteiger partial charge in [0.25, 0.3) is 0 Å². The van der Waals surface area contributed by atoms with Gasteiger partial charge in [-0.2, -0.15) is 0 Å². The van der Waals surface area contributed by atoms with Gasteiger partial charge in [-0.15, -0.1) is 0 Å². The van der Waals surface area contributed by atoms with Crippen LogP contribution in [0.3, 0.4) is 0 Å². The molecule has 18 heavy (non-hydrogen) atoms. The van der Waals surface area contributed by atoms with Crippen molar-refractivity contribution in [3.8, 4) is 0 Å². The molecule has 1 aromatic carbocycles. The summed E-state index contributed by atoms with van der Waals surface area (Å²) in [6.07, 6.45) is 1.87. The van der Waals surface area contributed by atoms with Gasteiger partial charge in [0.1, 0.15) is 0 Å². The van der Waals surface area contributed by atoms with E-state index in [0.717, 1.165) is 12.8 Å². The lowest BCUT2D eigenvalue weighted by atomic mass is 9.85. The van der Waals surface area contributed by atoms with Crippen LogP contribution in [-0.4, -0.2) is 5.54 Å². The molecule has 0 aliphatic carbocycles. The van der Waals surface area contributed by atoms with Crippen molar-refractivity contribution in [1.82, 2.24) is 0 Å². The van der Waals surface area contributed by atoms with E-state index < -0.39 is 0 Å². The Balaban J connectivity index is 2.68. The summed E-state index contributed by atoms with van der Waals surface area (Å²) in [5, 5.41) is 0. The van der Waals surface area contributed by atoms with E-state index >= 15 is 0 Å². The zero-order chi connectivity index (χ0) is 14.0. The molecular formula is C16H28N2. The molecule has 1 rings (SSSR count). The van der Waals surface area contributed by atoms with E-state index in [2.05, 4.69) is 45.0 Å². The Hall–Kier alpha value is -0.860. The molecule has 1 atom stereocenters. The van der Waals surface area contributed by atoms with Gasteiger partial charge >= 0.3 is 0 Å². The molecule has 1 aromatic rings. The van der Waals surface area contributed by atoms with E-state index in [-0.39, 0.29) is 17.0 Å². The van der Waals surface area contributed by atoms with Crippen molar-refractivity contribution in [3.05, 3.63) is 35.4 Å². The zero-order valence-electron chi connectivity index (χ0n) is 12.5. The van der Waals surface area contributed by atoms with Crippen molar-refractivity contribution in [2.24, 2.45) is 11.5 Å². The second kappa shape index (κ2) is 5.41. The smallest absolute Gasteiger partial charge is 0.0295 e. The summed E-state index contributed by atoms with van der Waals surface area (Å²) in [6, 6.07) is 8.75. The molecule has 102 valence electrons. The fourth-order valence-electron chi connectivity index (χ4n) is 1.92. The van der Waals surface area contributed by atoms with Crippen LogP contribution in [0.5, 0.6) is 0 Å². The first-order valence-electron chi connectivity index (χ1n) is 6.74. The Labute approximate surface area is 112 Å². The predicted molar refractivity (Wildman–Crippen MR) is 79.6 cm³/mol. The highest BCUT2D eigenvalue weighted by atomic mass is 14.7. The minimum absolute atomic E-state index is 0.0850. The number of benzene rings is 1. The van der Waals surface area contributed by atoms with Crippen LogP contribution in [0.4, 0.5) is 0 Å². The fourth-order valence-corrected chi connectivity index (χ4v) is 1.92. The third-order valence-electron chi connectivity index (χ3n) is 3.30. The van der Waals surface area contributed by atoms with Gasteiger partial charge in [0.15, 0.2) is 0 Å². The summed E-state index contributed by atoms with van der Waals surface area (Å²) < 4.78 is 0. The maximum absolute atomic E-state index is 6.21. The SMILES string of the molecule is CC(C)(N)CCC(N)c1ccc(C(C)(C)C)cc1. The average molecular weight is 248 g/mol. The summed E-state index contributed by atoms with van der Waals surface area (Å²) >= 11 is 0. The van der Waals surface area contributed by atoms with E-state index in [4.69, 9.17) is 11.5 Å². The molecule has 0 saturated heterocycles. The average Bonchev–Trinajstić information content (AvgIpc) is 2.24. The molecule has 0 bridgehead atoms. The number of nitrogens with two attached hydrogens (primary N) is 2. The van der Waals surface area contributed by atoms with Gasteiger partial charge in [0, 0.05) is 11.6 Å². The van der Waals surface area contributed by atoms with E-state index in [9.17, 15) is 0 Å². The topological polar surface area (TPSA) is 52.0 Å². The van der Waals surface area contributed by atoms with E-state index in [0.29, 0.717) is 0 Å². The maximum Gasteiger partial charge on any atom is 0.0295 e. The second-order valence-electron chi connectivity index (χ2n) is 7.01. The molecule has 2 nitrogen and oxygen atoms in total. The van der Waals surface area contributed by atoms with Crippen molar-refractivity contribution < 1.29 is 0 Å². The Morgan fingerprint density at radius 3 is 1.89 bits per heavy atom. The standard InChI is InChI=1S/C16H28N2/c1-15(2,3)13-8-6-12(7-9-13)14(17)10-11-16(4,5)18/h6-9,14H,10-11,17-18H2,1-5H3. The summed E-state index contributed by atoms with van der Waals surface area (Å²) in [5.41, 5.74) is 14.8. The molecule has 1 unspecified atom stereocenters. The highest BCUT2D eigenvalue weighted by molar-refractivity contribution is 5.29. The normalized spacial score (nSPS) is 14.6. The first-order valence-corrected chi connectivity index (χ1v) is 6.74. The van der Waals surface area contributed by atoms with E-state index in [1.54, 1.807) is 0 Å². The van der Waals surface area contributed by atoms with Crippen LogP contribution in [-0.2, 0) is 5.41 Å². The highest BCUT2D eigenvalue weighted by Gasteiger charge is 2.16. The Bertz CT molecular complexity index is 366. The molecule has 0 fully saturated rings. The number of hydrogen-bond acceptors (Lipinski definition) is 2. The Kier molecular flexibility index (Phi) is 4.57. The van der Waals surface area contributed by atoms with Crippen LogP contribution in [0, 0.1) is 0 Å². The van der Waals surface area contributed by atoms with E-state index in [1.165, 1.54) is 11.1 Å². The first-order chi connectivity index (χ1) is 8.09. The summed E-state index contributed by atoms with van der Waals surface area (Å²) in [5.74, 6) is 0. The van der Waals surface area contributed by atoms with Crippen LogP contribution < -0.4 is 11.5 Å². The number of rotatable bonds is 4. The van der Waals surface area contributed by atoms with Crippen LogP contribution in [0.2, 0.25) is 0 Å². The van der Waals surface area contributed by atoms with Crippen LogP contribution >= 0.6 is 0 Å². The molecule has 0 spiro atoms. The first kappa shape index (κ1) is 15.2. The molecule has 4 N–H and O–H groups in total. The van der Waals surface area contributed by atoms with Crippen LogP contribution in [0.1, 0.15) is 64.6 Å². The van der Waals surface area contributed by atoms with Gasteiger partial charge in [-0.3, -0.25) is 0 Å². The van der Waals surface area contributed by atoms with Gasteiger partial charge in [-0.25, -0.2) is 0 Å². The van der Waals surface area contributed by atoms with Gasteiger partial charge in [-0.1, -0.05) is 45.0 Å². The molecule has 2 heteroatoms. The van der Waals surface area contributed by atoms with Crippen LogP contribution in [0.15, 0.2) is 24.3 Å². The van der Waals surface area contributed by atoms with Crippen molar-refractivity contribution in [1.29, 1.82) is 0 Å². The van der Waals surface area contributed by atoms with Crippen LogP contribution in [0.25, 0.3) is 0 Å². The lowest BCUT2D eigenvalue weighted by Gasteiger charge is -2.22. The lowest BCUT2D eigenvalue weighted by Crippen LogP contribution is -2.32. The minimum Gasteiger partial charge on any atom is -0.326 e. The van der Waals surface area contributed by atoms with Gasteiger partial charge in [0.2, 0.25) is 0 Å². The Morgan fingerprint density at radius 1 is 1.00 bits per heavy atom. The summed E-state index contributed by atoms with van der Waals surface area (Å²) in [4.78, 5) is 0. The zero-order valence-corrected chi connectivity index (χ0v) is 12.5. The van der Waals surface area contributed by atoms with Gasteiger partial charge in [0.05, 0.1) is 0 Å². The molecule has 0 saturated carbocycles. The second-order valence-corrected chi connectivity index (χ2v) is 7.01. The van der Waals surface area contributed by atoms with Crippen molar-refractivity contribution >= 4 is 0 Å². The molecule has 0 heterocycles. The van der Waals surface area contributed by atoms with Gasteiger partial charge in [-0.05, 0) is 43.2 Å². The van der Waals surface area contributed by atoms with Crippen molar-refractivity contribution in [3.63, 3.8) is 0 Å². The fraction of sp³-hybridized carbons (Fsp3) is 0.625. The maximum atomic E-state index is 6.21. The molecule has 0 aromatic heterocycles. The Morgan fingerprint density at radius 2 is 1.50 bits per heavy atom. The molecule has 0 aliphatic heterocycles. The summed E-state index contributed by atoms with van der Waals surface area (Å²) in [7, 11) is 0. The largest absolute Gasteiger partial charge is 0.326 e.